The Kier molecular flexibility index (Phi) is 3.79. The highest BCUT2D eigenvalue weighted by atomic mass is 19.4. The van der Waals surface area contributed by atoms with Crippen molar-refractivity contribution in [1.29, 1.82) is 0 Å². The Bertz CT molecular complexity index is 410. The Labute approximate surface area is 95.9 Å². The fraction of sp³-hybridized carbons (Fsp3) is 0.600. The van der Waals surface area contributed by atoms with Crippen LogP contribution in [0.3, 0.4) is 0 Å². The van der Waals surface area contributed by atoms with Gasteiger partial charge in [0.1, 0.15) is 5.82 Å². The standard InChI is InChI=1S/C10H13F3N2O2/c1-5(2)8-9(10(11,12)13)15-6(14-8)3-4-7(16)17/h5H,3-4H2,1-2H3,(H,14,15)(H,16,17). The summed E-state index contributed by atoms with van der Waals surface area (Å²) in [6, 6.07) is 0. The first-order valence-corrected chi connectivity index (χ1v) is 5.09. The Morgan fingerprint density at radius 3 is 2.41 bits per heavy atom. The first-order chi connectivity index (χ1) is 7.71. The lowest BCUT2D eigenvalue weighted by Crippen LogP contribution is -2.10. The van der Waals surface area contributed by atoms with Gasteiger partial charge in [-0.25, -0.2) is 4.98 Å². The highest BCUT2D eigenvalue weighted by Gasteiger charge is 2.37. The number of carboxylic acid groups (broad SMARTS) is 1. The predicted molar refractivity (Wildman–Crippen MR) is 53.6 cm³/mol. The maximum Gasteiger partial charge on any atom is 0.435 e. The van der Waals surface area contributed by atoms with Crippen LogP contribution < -0.4 is 0 Å². The molecule has 0 saturated carbocycles. The SMILES string of the molecule is CC(C)c1[nH]c(CCC(=O)O)nc1C(F)(F)F. The first kappa shape index (κ1) is 13.5. The molecule has 0 aliphatic heterocycles. The molecular weight excluding hydrogens is 237 g/mol. The van der Waals surface area contributed by atoms with Gasteiger partial charge in [-0.15, -0.1) is 0 Å². The molecule has 1 aromatic heterocycles. The van der Waals surface area contributed by atoms with E-state index in [-0.39, 0.29) is 30.3 Å². The van der Waals surface area contributed by atoms with E-state index in [1.165, 1.54) is 0 Å². The Morgan fingerprint density at radius 2 is 2.06 bits per heavy atom. The van der Waals surface area contributed by atoms with Crippen LogP contribution in [0.2, 0.25) is 0 Å². The van der Waals surface area contributed by atoms with E-state index < -0.39 is 17.8 Å². The molecular formula is C10H13F3N2O2. The number of alkyl halides is 3. The summed E-state index contributed by atoms with van der Waals surface area (Å²) in [5.74, 6) is -1.36. The molecule has 0 spiro atoms. The van der Waals surface area contributed by atoms with Crippen molar-refractivity contribution in [2.45, 2.75) is 38.8 Å². The van der Waals surface area contributed by atoms with Crippen LogP contribution >= 0.6 is 0 Å². The molecule has 0 aromatic carbocycles. The van der Waals surface area contributed by atoms with Gasteiger partial charge in [0.2, 0.25) is 0 Å². The van der Waals surface area contributed by atoms with Gasteiger partial charge in [0.15, 0.2) is 5.69 Å². The number of H-pyrrole nitrogens is 1. The van der Waals surface area contributed by atoms with Crippen molar-refractivity contribution in [3.05, 3.63) is 17.2 Å². The summed E-state index contributed by atoms with van der Waals surface area (Å²) < 4.78 is 37.9. The number of nitrogens with one attached hydrogen (secondary N) is 1. The molecule has 0 atom stereocenters. The lowest BCUT2D eigenvalue weighted by Gasteiger charge is -2.07. The van der Waals surface area contributed by atoms with Crippen LogP contribution in [0.15, 0.2) is 0 Å². The zero-order valence-electron chi connectivity index (χ0n) is 9.43. The van der Waals surface area contributed by atoms with Crippen LogP contribution in [0.25, 0.3) is 0 Å². The quantitative estimate of drug-likeness (QED) is 0.863. The molecule has 1 heterocycles. The summed E-state index contributed by atoms with van der Waals surface area (Å²) in [7, 11) is 0. The molecule has 2 N–H and O–H groups in total. The van der Waals surface area contributed by atoms with E-state index in [2.05, 4.69) is 9.97 Å². The van der Waals surface area contributed by atoms with Gasteiger partial charge >= 0.3 is 12.1 Å². The van der Waals surface area contributed by atoms with Gasteiger partial charge < -0.3 is 10.1 Å². The monoisotopic (exact) mass is 250 g/mol. The highest BCUT2D eigenvalue weighted by molar-refractivity contribution is 5.66. The molecule has 0 aliphatic rings. The van der Waals surface area contributed by atoms with Crippen LogP contribution in [0.5, 0.6) is 0 Å². The van der Waals surface area contributed by atoms with Gasteiger partial charge in [-0.05, 0) is 5.92 Å². The van der Waals surface area contributed by atoms with Crippen LogP contribution in [0, 0.1) is 0 Å². The van der Waals surface area contributed by atoms with Crippen molar-refractivity contribution in [3.63, 3.8) is 0 Å². The summed E-state index contributed by atoms with van der Waals surface area (Å²) in [5.41, 5.74) is -0.953. The minimum atomic E-state index is -4.52. The van der Waals surface area contributed by atoms with Crippen molar-refractivity contribution in [3.8, 4) is 0 Å². The molecule has 0 aliphatic carbocycles. The number of rotatable bonds is 4. The van der Waals surface area contributed by atoms with Crippen LogP contribution in [-0.4, -0.2) is 21.0 Å². The normalized spacial score (nSPS) is 12.1. The fourth-order valence-electron chi connectivity index (χ4n) is 1.42. The second-order valence-corrected chi connectivity index (χ2v) is 3.99. The fourth-order valence-corrected chi connectivity index (χ4v) is 1.42. The van der Waals surface area contributed by atoms with Crippen molar-refractivity contribution in [2.75, 3.05) is 0 Å². The minimum absolute atomic E-state index is 0.00195. The Hall–Kier alpha value is -1.53. The van der Waals surface area contributed by atoms with Crippen molar-refractivity contribution < 1.29 is 23.1 Å². The summed E-state index contributed by atoms with van der Waals surface area (Å²) in [6.07, 6.45) is -4.80. The number of hydrogen-bond acceptors (Lipinski definition) is 2. The van der Waals surface area contributed by atoms with Gasteiger partial charge in [-0.1, -0.05) is 13.8 Å². The van der Waals surface area contributed by atoms with Crippen LogP contribution in [0.1, 0.15) is 43.4 Å². The molecule has 0 amide bonds. The smallest absolute Gasteiger partial charge is 0.435 e. The largest absolute Gasteiger partial charge is 0.481 e. The number of imidazole rings is 1. The number of aliphatic carboxylic acids is 1. The van der Waals surface area contributed by atoms with E-state index in [1.54, 1.807) is 13.8 Å². The van der Waals surface area contributed by atoms with Crippen molar-refractivity contribution >= 4 is 5.97 Å². The second-order valence-electron chi connectivity index (χ2n) is 3.99. The molecule has 0 fully saturated rings. The molecule has 0 unspecified atom stereocenters. The van der Waals surface area contributed by atoms with Gasteiger partial charge in [0.05, 0.1) is 6.42 Å². The van der Waals surface area contributed by atoms with E-state index in [9.17, 15) is 18.0 Å². The van der Waals surface area contributed by atoms with Gasteiger partial charge in [-0.2, -0.15) is 13.2 Å². The van der Waals surface area contributed by atoms with Crippen LogP contribution in [-0.2, 0) is 17.4 Å². The van der Waals surface area contributed by atoms with Crippen LogP contribution in [0.4, 0.5) is 13.2 Å². The zero-order chi connectivity index (χ0) is 13.2. The molecule has 0 bridgehead atoms. The molecule has 1 rings (SSSR count). The average molecular weight is 250 g/mol. The Balaban J connectivity index is 3.00. The van der Waals surface area contributed by atoms with Gasteiger partial charge in [0.25, 0.3) is 0 Å². The minimum Gasteiger partial charge on any atom is -0.481 e. The maximum absolute atomic E-state index is 12.6. The molecule has 1 aromatic rings. The summed E-state index contributed by atoms with van der Waals surface area (Å²) in [6.45, 7) is 3.23. The van der Waals surface area contributed by atoms with E-state index in [1.807, 2.05) is 0 Å². The van der Waals surface area contributed by atoms with E-state index >= 15 is 0 Å². The van der Waals surface area contributed by atoms with Crippen molar-refractivity contribution in [2.24, 2.45) is 0 Å². The van der Waals surface area contributed by atoms with E-state index in [0.717, 1.165) is 0 Å². The third-order valence-electron chi connectivity index (χ3n) is 2.20. The Morgan fingerprint density at radius 1 is 1.47 bits per heavy atom. The number of nitrogens with zero attached hydrogens (tertiary/aromatic N) is 1. The van der Waals surface area contributed by atoms with E-state index in [4.69, 9.17) is 5.11 Å². The maximum atomic E-state index is 12.6. The lowest BCUT2D eigenvalue weighted by atomic mass is 10.1. The summed E-state index contributed by atoms with van der Waals surface area (Å²) in [4.78, 5) is 16.3. The molecule has 17 heavy (non-hydrogen) atoms. The summed E-state index contributed by atoms with van der Waals surface area (Å²) in [5, 5.41) is 8.46. The molecule has 0 saturated heterocycles. The lowest BCUT2D eigenvalue weighted by molar-refractivity contribution is -0.141. The molecule has 7 heteroatoms. The highest BCUT2D eigenvalue weighted by Crippen LogP contribution is 2.33. The average Bonchev–Trinajstić information content (AvgIpc) is 2.57. The first-order valence-electron chi connectivity index (χ1n) is 5.09. The molecule has 0 radical (unpaired) electrons. The topological polar surface area (TPSA) is 66.0 Å². The number of aryl methyl sites for hydroxylation is 1. The number of halogens is 3. The van der Waals surface area contributed by atoms with Gasteiger partial charge in [0, 0.05) is 12.1 Å². The third-order valence-corrected chi connectivity index (χ3v) is 2.20. The molecule has 96 valence electrons. The van der Waals surface area contributed by atoms with Crippen molar-refractivity contribution in [1.82, 2.24) is 9.97 Å². The zero-order valence-corrected chi connectivity index (χ0v) is 9.43. The number of hydrogen-bond donors (Lipinski definition) is 2. The second kappa shape index (κ2) is 4.77. The van der Waals surface area contributed by atoms with Gasteiger partial charge in [-0.3, -0.25) is 4.79 Å². The molecule has 4 nitrogen and oxygen atoms in total. The number of carboxylic acids is 1. The summed E-state index contributed by atoms with van der Waals surface area (Å²) >= 11 is 0. The predicted octanol–water partition coefficient (Wildman–Crippen LogP) is 2.57. The third kappa shape index (κ3) is 3.47. The number of carbonyl (C=O) groups is 1. The number of aromatic nitrogens is 2. The number of aromatic amines is 1. The van der Waals surface area contributed by atoms with E-state index in [0.29, 0.717) is 0 Å².